The van der Waals surface area contributed by atoms with Gasteiger partial charge in [0.25, 0.3) is 0 Å². The van der Waals surface area contributed by atoms with Gasteiger partial charge in [-0.2, -0.15) is 0 Å². The van der Waals surface area contributed by atoms with E-state index in [0.717, 1.165) is 57.8 Å². The molecule has 0 spiro atoms. The maximum absolute atomic E-state index is 12.5. The van der Waals surface area contributed by atoms with Crippen molar-refractivity contribution in [3.8, 4) is 0 Å². The van der Waals surface area contributed by atoms with Crippen LogP contribution in [0.2, 0.25) is 0 Å². The Kier molecular flexibility index (Phi) is 33.3. The number of ether oxygens (including phenoxy) is 2. The number of phosphoric ester groups is 1. The molecule has 0 aromatic rings. The normalized spacial score (nSPS) is 14.0. The molecule has 0 aromatic carbocycles. The third kappa shape index (κ3) is 33.9. The van der Waals surface area contributed by atoms with E-state index in [9.17, 15) is 19.0 Å². The second-order valence-corrected chi connectivity index (χ2v) is 13.5. The maximum atomic E-state index is 12.5. The van der Waals surface area contributed by atoms with Gasteiger partial charge in [-0.1, -0.05) is 127 Å². The summed E-state index contributed by atoms with van der Waals surface area (Å²) in [6, 6.07) is 0. The molecule has 0 aliphatic rings. The molecule has 2 N–H and O–H groups in total. The Morgan fingerprint density at radius 1 is 0.667 bits per heavy atom. The summed E-state index contributed by atoms with van der Waals surface area (Å²) in [6.07, 6.45) is 35.9. The fraction of sp³-hybridized carbons (Fsp3) is 0.737. The number of unbranched alkanes of at least 4 members (excludes halogenated alkanes) is 12. The first-order valence-corrected chi connectivity index (χ1v) is 20.1. The molecule has 0 saturated heterocycles. The molecule has 0 radical (unpaired) electrons. The quantitative estimate of drug-likeness (QED) is 0.0293. The van der Waals surface area contributed by atoms with E-state index in [1.54, 1.807) is 7.05 Å². The van der Waals surface area contributed by atoms with E-state index in [1.807, 2.05) is 0 Å². The second kappa shape index (κ2) is 34.8. The first kappa shape index (κ1) is 46.0. The van der Waals surface area contributed by atoms with Gasteiger partial charge >= 0.3 is 19.8 Å². The molecule has 48 heavy (non-hydrogen) atoms. The molecule has 0 aromatic heterocycles. The molecule has 0 aliphatic carbocycles. The van der Waals surface area contributed by atoms with E-state index >= 15 is 0 Å². The summed E-state index contributed by atoms with van der Waals surface area (Å²) >= 11 is 0. The molecule has 10 heteroatoms. The number of nitrogens with one attached hydrogen (secondary N) is 1. The maximum Gasteiger partial charge on any atom is 0.472 e. The molecule has 278 valence electrons. The molecular formula is C38H68NO8P. The summed E-state index contributed by atoms with van der Waals surface area (Å²) in [5.41, 5.74) is 0. The molecule has 0 aliphatic heterocycles. The van der Waals surface area contributed by atoms with Gasteiger partial charge in [-0.05, 0) is 58.4 Å². The van der Waals surface area contributed by atoms with Crippen molar-refractivity contribution in [2.75, 3.05) is 33.4 Å². The SMILES string of the molecule is CC/C=C\C/C=C\C/C=C\C/C=C\CCCCC(=O)OCC(COP(=O)(O)OCCNC)OC(=O)CCCCCCCCCCCCC. The predicted molar refractivity (Wildman–Crippen MR) is 197 cm³/mol. The van der Waals surface area contributed by atoms with Gasteiger partial charge in [0.05, 0.1) is 13.2 Å². The van der Waals surface area contributed by atoms with Crippen molar-refractivity contribution in [1.29, 1.82) is 0 Å². The van der Waals surface area contributed by atoms with Gasteiger partial charge in [0.15, 0.2) is 6.10 Å². The predicted octanol–water partition coefficient (Wildman–Crippen LogP) is 9.86. The zero-order valence-electron chi connectivity index (χ0n) is 30.4. The summed E-state index contributed by atoms with van der Waals surface area (Å²) in [6.45, 7) is 4.03. The molecule has 0 bridgehead atoms. The van der Waals surface area contributed by atoms with Crippen molar-refractivity contribution < 1.29 is 37.6 Å². The number of esters is 2. The van der Waals surface area contributed by atoms with Crippen LogP contribution in [-0.2, 0) is 32.7 Å². The zero-order valence-corrected chi connectivity index (χ0v) is 31.3. The molecular weight excluding hydrogens is 629 g/mol. The molecule has 0 amide bonds. The number of carbonyl (C=O) groups is 2. The molecule has 9 nitrogen and oxygen atoms in total. The largest absolute Gasteiger partial charge is 0.472 e. The molecule has 2 unspecified atom stereocenters. The van der Waals surface area contributed by atoms with Gasteiger partial charge in [-0.3, -0.25) is 18.6 Å². The number of carbonyl (C=O) groups excluding carboxylic acids is 2. The van der Waals surface area contributed by atoms with Crippen molar-refractivity contribution in [2.45, 2.75) is 148 Å². The summed E-state index contributed by atoms with van der Waals surface area (Å²) in [5, 5.41) is 2.81. The Bertz CT molecular complexity index is 934. The van der Waals surface area contributed by atoms with Crippen LogP contribution in [0.1, 0.15) is 142 Å². The lowest BCUT2D eigenvalue weighted by molar-refractivity contribution is -0.161. The van der Waals surface area contributed by atoms with Crippen molar-refractivity contribution in [2.24, 2.45) is 0 Å². The zero-order chi connectivity index (χ0) is 35.4. The van der Waals surface area contributed by atoms with E-state index < -0.39 is 32.5 Å². The molecule has 0 heterocycles. The number of likely N-dealkylation sites (N-methyl/N-ethyl adjacent to an activating group) is 1. The van der Waals surface area contributed by atoms with E-state index in [4.69, 9.17) is 18.5 Å². The number of rotatable bonds is 34. The van der Waals surface area contributed by atoms with Crippen LogP contribution in [0, 0.1) is 0 Å². The van der Waals surface area contributed by atoms with Gasteiger partial charge < -0.3 is 19.7 Å². The lowest BCUT2D eigenvalue weighted by Gasteiger charge is -2.20. The highest BCUT2D eigenvalue weighted by molar-refractivity contribution is 7.47. The Hall–Kier alpha value is -2.03. The second-order valence-electron chi connectivity index (χ2n) is 12.0. The third-order valence-corrected chi connectivity index (χ3v) is 8.45. The highest BCUT2D eigenvalue weighted by Crippen LogP contribution is 2.43. The average molecular weight is 698 g/mol. The Balaban J connectivity index is 4.38. The fourth-order valence-corrected chi connectivity index (χ4v) is 5.41. The highest BCUT2D eigenvalue weighted by Gasteiger charge is 2.26. The third-order valence-electron chi connectivity index (χ3n) is 7.46. The topological polar surface area (TPSA) is 120 Å². The van der Waals surface area contributed by atoms with Crippen LogP contribution in [0.15, 0.2) is 48.6 Å². The van der Waals surface area contributed by atoms with Crippen molar-refractivity contribution in [1.82, 2.24) is 5.32 Å². The lowest BCUT2D eigenvalue weighted by atomic mass is 10.1. The van der Waals surface area contributed by atoms with Gasteiger partial charge in [-0.25, -0.2) is 4.57 Å². The minimum Gasteiger partial charge on any atom is -0.462 e. The first-order chi connectivity index (χ1) is 23.3. The Morgan fingerprint density at radius 3 is 1.77 bits per heavy atom. The van der Waals surface area contributed by atoms with Crippen molar-refractivity contribution in [3.05, 3.63) is 48.6 Å². The van der Waals surface area contributed by atoms with Gasteiger partial charge in [0.1, 0.15) is 6.61 Å². The first-order valence-electron chi connectivity index (χ1n) is 18.6. The van der Waals surface area contributed by atoms with Gasteiger partial charge in [-0.15, -0.1) is 0 Å². The van der Waals surface area contributed by atoms with E-state index in [0.29, 0.717) is 19.4 Å². The summed E-state index contributed by atoms with van der Waals surface area (Å²) < 4.78 is 33.0. The van der Waals surface area contributed by atoms with E-state index in [2.05, 4.69) is 67.8 Å². The van der Waals surface area contributed by atoms with E-state index in [1.165, 1.54) is 44.9 Å². The smallest absolute Gasteiger partial charge is 0.462 e. The Labute approximate surface area is 292 Å². The van der Waals surface area contributed by atoms with Gasteiger partial charge in [0.2, 0.25) is 0 Å². The fourth-order valence-electron chi connectivity index (χ4n) is 4.66. The van der Waals surface area contributed by atoms with Crippen LogP contribution in [0.3, 0.4) is 0 Å². The van der Waals surface area contributed by atoms with Gasteiger partial charge in [0, 0.05) is 19.4 Å². The van der Waals surface area contributed by atoms with Crippen molar-refractivity contribution >= 4 is 19.8 Å². The average Bonchev–Trinajstić information content (AvgIpc) is 3.06. The van der Waals surface area contributed by atoms with Crippen LogP contribution < -0.4 is 5.32 Å². The molecule has 0 fully saturated rings. The van der Waals surface area contributed by atoms with Crippen LogP contribution in [0.25, 0.3) is 0 Å². The van der Waals surface area contributed by atoms with Crippen LogP contribution in [-0.4, -0.2) is 56.3 Å². The summed E-state index contributed by atoms with van der Waals surface area (Å²) in [7, 11) is -2.66. The lowest BCUT2D eigenvalue weighted by Crippen LogP contribution is -2.29. The monoisotopic (exact) mass is 697 g/mol. The summed E-state index contributed by atoms with van der Waals surface area (Å²) in [5.74, 6) is -0.860. The van der Waals surface area contributed by atoms with Crippen LogP contribution in [0.5, 0.6) is 0 Å². The molecule has 0 saturated carbocycles. The number of allylic oxidation sites excluding steroid dienone is 8. The molecule has 0 rings (SSSR count). The van der Waals surface area contributed by atoms with Crippen LogP contribution in [0.4, 0.5) is 0 Å². The molecule has 2 atom stereocenters. The standard InChI is InChI=1S/C38H68NO8P/c1-4-6-8-10-12-14-16-17-18-19-21-22-24-26-28-30-37(40)44-34-36(35-46-48(42,43)45-33-32-39-3)47-38(41)31-29-27-25-23-20-15-13-11-9-7-5-2/h6,8,12,14,17-18,21-22,36,39H,4-5,7,9-11,13,15-16,19-20,23-35H2,1-3H3,(H,42,43)/b8-6-,14-12-,18-17-,22-21-. The Morgan fingerprint density at radius 2 is 1.19 bits per heavy atom. The number of phosphoric acid groups is 1. The number of hydrogen-bond acceptors (Lipinski definition) is 8. The minimum absolute atomic E-state index is 0.0243. The highest BCUT2D eigenvalue weighted by atomic mass is 31.2. The van der Waals surface area contributed by atoms with Crippen molar-refractivity contribution in [3.63, 3.8) is 0 Å². The summed E-state index contributed by atoms with van der Waals surface area (Å²) in [4.78, 5) is 34.8. The number of hydrogen-bond donors (Lipinski definition) is 2. The minimum atomic E-state index is -4.35. The van der Waals surface area contributed by atoms with E-state index in [-0.39, 0.29) is 26.1 Å². The van der Waals surface area contributed by atoms with Crippen LogP contribution >= 0.6 is 7.82 Å².